The van der Waals surface area contributed by atoms with Crippen molar-refractivity contribution in [2.75, 3.05) is 24.7 Å². The molecule has 0 heterocycles. The molecule has 4 rings (SSSR count). The number of carbonyl (C=O) groups is 5. The van der Waals surface area contributed by atoms with E-state index in [2.05, 4.69) is 10.6 Å². The largest absolute Gasteiger partial charge is 0.492 e. The lowest BCUT2D eigenvalue weighted by molar-refractivity contribution is -0.137. The highest BCUT2D eigenvalue weighted by atomic mass is 16.5. The average molecular weight is 637 g/mol. The molecule has 1 saturated carbocycles. The Morgan fingerprint density at radius 2 is 1.70 bits per heavy atom. The van der Waals surface area contributed by atoms with Crippen LogP contribution in [0.25, 0.3) is 0 Å². The second-order valence-corrected chi connectivity index (χ2v) is 12.2. The summed E-state index contributed by atoms with van der Waals surface area (Å²) in [5, 5.41) is 24.2. The van der Waals surface area contributed by atoms with Crippen molar-refractivity contribution >= 4 is 35.3 Å². The highest BCUT2D eigenvalue weighted by Crippen LogP contribution is 2.35. The molecule has 12 nitrogen and oxygen atoms in total. The lowest BCUT2D eigenvalue weighted by Gasteiger charge is -2.26. The number of nitrogens with zero attached hydrogens (tertiary/aromatic N) is 1. The maximum absolute atomic E-state index is 13.7. The maximum atomic E-state index is 13.7. The van der Waals surface area contributed by atoms with E-state index in [9.17, 15) is 29.1 Å². The van der Waals surface area contributed by atoms with Gasteiger partial charge in [0.05, 0.1) is 18.2 Å². The van der Waals surface area contributed by atoms with Crippen molar-refractivity contribution in [2.45, 2.75) is 83.2 Å². The quantitative estimate of drug-likeness (QED) is 0.208. The number of aryl methyl sites for hydroxylation is 1. The number of rotatable bonds is 13. The molecule has 2 aromatic carbocycles. The number of aliphatic hydroxyl groups excluding tert-OH is 1. The van der Waals surface area contributed by atoms with Crippen LogP contribution in [0.2, 0.25) is 0 Å². The molecule has 2 atom stereocenters. The van der Waals surface area contributed by atoms with Gasteiger partial charge < -0.3 is 31.3 Å². The molecule has 0 aromatic heterocycles. The second-order valence-electron chi connectivity index (χ2n) is 12.2. The number of fused-ring (bicyclic) bond motifs is 1. The zero-order chi connectivity index (χ0) is 33.2. The minimum atomic E-state index is -1.24. The Balaban J connectivity index is 1.52. The number of anilines is 1. The van der Waals surface area contributed by atoms with Crippen LogP contribution in [0.15, 0.2) is 36.4 Å². The van der Waals surface area contributed by atoms with Gasteiger partial charge in [0.1, 0.15) is 24.9 Å². The first kappa shape index (κ1) is 34.4. The van der Waals surface area contributed by atoms with Gasteiger partial charge >= 0.3 is 5.97 Å². The molecule has 0 radical (unpaired) electrons. The summed E-state index contributed by atoms with van der Waals surface area (Å²) in [6.45, 7) is 0.389. The van der Waals surface area contributed by atoms with Gasteiger partial charge in [-0.1, -0.05) is 37.8 Å². The minimum Gasteiger partial charge on any atom is -0.492 e. The molecule has 4 amide bonds. The molecule has 0 spiro atoms. The van der Waals surface area contributed by atoms with Gasteiger partial charge in [0, 0.05) is 19.0 Å². The number of amides is 4. The topological polar surface area (TPSA) is 188 Å². The van der Waals surface area contributed by atoms with E-state index in [1.807, 2.05) is 6.07 Å². The van der Waals surface area contributed by atoms with Crippen LogP contribution >= 0.6 is 0 Å². The predicted molar refractivity (Wildman–Crippen MR) is 170 cm³/mol. The predicted octanol–water partition coefficient (Wildman–Crippen LogP) is 2.79. The molecule has 2 aromatic rings. The number of aliphatic carboxylic acids is 1. The number of carboxylic acid groups (broad SMARTS) is 1. The van der Waals surface area contributed by atoms with Crippen LogP contribution in [0.1, 0.15) is 91.4 Å². The van der Waals surface area contributed by atoms with E-state index in [1.54, 1.807) is 18.2 Å². The summed E-state index contributed by atoms with van der Waals surface area (Å²) in [5.41, 5.74) is 8.80. The Kier molecular flexibility index (Phi) is 12.1. The van der Waals surface area contributed by atoms with Crippen LogP contribution in [-0.4, -0.2) is 65.6 Å². The summed E-state index contributed by atoms with van der Waals surface area (Å²) in [6, 6.07) is 8.60. The van der Waals surface area contributed by atoms with E-state index >= 15 is 0 Å². The van der Waals surface area contributed by atoms with E-state index < -0.39 is 54.8 Å². The third-order valence-corrected chi connectivity index (χ3v) is 8.70. The number of ether oxygens (including phenoxy) is 1. The van der Waals surface area contributed by atoms with Gasteiger partial charge in [-0.2, -0.15) is 0 Å². The van der Waals surface area contributed by atoms with Crippen molar-refractivity contribution < 1.29 is 38.9 Å². The molecule has 0 aliphatic heterocycles. The van der Waals surface area contributed by atoms with Crippen molar-refractivity contribution in [1.29, 1.82) is 0 Å². The highest BCUT2D eigenvalue weighted by molar-refractivity contribution is 5.98. The monoisotopic (exact) mass is 636 g/mol. The van der Waals surface area contributed by atoms with Gasteiger partial charge in [0.15, 0.2) is 0 Å². The van der Waals surface area contributed by atoms with E-state index in [1.165, 1.54) is 38.3 Å². The van der Waals surface area contributed by atoms with Crippen LogP contribution in [0.4, 0.5) is 5.69 Å². The number of carbonyl (C=O) groups excluding carboxylic acids is 4. The number of nitrogens with one attached hydrogen (secondary N) is 2. The lowest BCUT2D eigenvalue weighted by Crippen LogP contribution is -2.48. The zero-order valence-corrected chi connectivity index (χ0v) is 26.3. The fraction of sp³-hybridized carbons (Fsp3) is 0.500. The first-order chi connectivity index (χ1) is 22.0. The standard InChI is InChI=1S/C34H44N4O8/c1-21(40)36-29(15-22-11-13-25(14-12-22)38(18-32(42)43)31(41)19-39)34(45)37-28-10-6-5-9-24-16-30(27(33(35)44)17-26(24)28)46-20-23-7-3-2-4-8-23/h11-14,16-17,23,28-29,39H,2-10,15,18-20H2,1H3,(H2,35,44)(H,36,40)(H,37,45)(H,42,43)/t28-,29-/m0/s1. The van der Waals surface area contributed by atoms with Crippen LogP contribution < -0.4 is 26.0 Å². The van der Waals surface area contributed by atoms with Crippen molar-refractivity contribution in [3.8, 4) is 5.75 Å². The third kappa shape index (κ3) is 9.29. The zero-order valence-electron chi connectivity index (χ0n) is 26.3. The molecule has 12 heteroatoms. The SMILES string of the molecule is CC(=O)N[C@@H](Cc1ccc(N(CC(=O)O)C(=O)CO)cc1)C(=O)N[C@H]1CCCCc2cc(OCC3CCCCC3)c(C(N)=O)cc21. The number of hydrogen-bond donors (Lipinski definition) is 5. The fourth-order valence-corrected chi connectivity index (χ4v) is 6.34. The van der Waals surface area contributed by atoms with Gasteiger partial charge in [-0.25, -0.2) is 0 Å². The Morgan fingerprint density at radius 1 is 1.00 bits per heavy atom. The molecule has 1 fully saturated rings. The molecule has 0 unspecified atom stereocenters. The number of benzene rings is 2. The van der Waals surface area contributed by atoms with Crippen molar-refractivity contribution in [1.82, 2.24) is 10.6 Å². The first-order valence-electron chi connectivity index (χ1n) is 15.9. The van der Waals surface area contributed by atoms with Gasteiger partial charge in [-0.05, 0) is 79.0 Å². The van der Waals surface area contributed by atoms with Crippen LogP contribution in [0.3, 0.4) is 0 Å². The van der Waals surface area contributed by atoms with Crippen LogP contribution in [0, 0.1) is 5.92 Å². The summed E-state index contributed by atoms with van der Waals surface area (Å²) in [4.78, 5) is 62.5. The molecular formula is C34H44N4O8. The van der Waals surface area contributed by atoms with Crippen molar-refractivity contribution in [3.05, 3.63) is 58.7 Å². The Morgan fingerprint density at radius 3 is 2.33 bits per heavy atom. The smallest absolute Gasteiger partial charge is 0.323 e. The summed E-state index contributed by atoms with van der Waals surface area (Å²) in [5.74, 6) is -2.47. The van der Waals surface area contributed by atoms with Crippen molar-refractivity contribution in [3.63, 3.8) is 0 Å². The Labute approximate surface area is 268 Å². The van der Waals surface area contributed by atoms with Crippen LogP contribution in [-0.2, 0) is 32.0 Å². The Bertz CT molecular complexity index is 1420. The molecular weight excluding hydrogens is 592 g/mol. The van der Waals surface area contributed by atoms with Gasteiger partial charge in [-0.15, -0.1) is 0 Å². The van der Waals surface area contributed by atoms with E-state index in [0.29, 0.717) is 30.3 Å². The van der Waals surface area contributed by atoms with E-state index in [-0.39, 0.29) is 17.7 Å². The molecule has 6 N–H and O–H groups in total. The Hall–Kier alpha value is -4.45. The number of primary amides is 1. The summed E-state index contributed by atoms with van der Waals surface area (Å²) in [7, 11) is 0. The summed E-state index contributed by atoms with van der Waals surface area (Å²) >= 11 is 0. The van der Waals surface area contributed by atoms with Gasteiger partial charge in [0.25, 0.3) is 11.8 Å². The molecule has 2 aliphatic carbocycles. The molecule has 0 saturated heterocycles. The number of carboxylic acids is 1. The maximum Gasteiger partial charge on any atom is 0.323 e. The fourth-order valence-electron chi connectivity index (χ4n) is 6.34. The van der Waals surface area contributed by atoms with E-state index in [4.69, 9.17) is 15.6 Å². The highest BCUT2D eigenvalue weighted by Gasteiger charge is 2.28. The van der Waals surface area contributed by atoms with Gasteiger partial charge in [0.2, 0.25) is 11.8 Å². The molecule has 2 aliphatic rings. The van der Waals surface area contributed by atoms with Crippen LogP contribution in [0.5, 0.6) is 5.75 Å². The van der Waals surface area contributed by atoms with E-state index in [0.717, 1.165) is 48.1 Å². The first-order valence-corrected chi connectivity index (χ1v) is 15.9. The second kappa shape index (κ2) is 16.2. The summed E-state index contributed by atoms with van der Waals surface area (Å²) < 4.78 is 6.17. The normalized spacial score (nSPS) is 17.1. The summed E-state index contributed by atoms with van der Waals surface area (Å²) in [6.07, 6.45) is 9.09. The van der Waals surface area contributed by atoms with Gasteiger partial charge in [-0.3, -0.25) is 28.9 Å². The molecule has 46 heavy (non-hydrogen) atoms. The number of aliphatic hydroxyl groups is 1. The third-order valence-electron chi connectivity index (χ3n) is 8.70. The lowest BCUT2D eigenvalue weighted by atomic mass is 9.90. The van der Waals surface area contributed by atoms with Crippen molar-refractivity contribution in [2.24, 2.45) is 11.7 Å². The molecule has 0 bridgehead atoms. The molecule has 248 valence electrons. The number of nitrogens with two attached hydrogens (primary N) is 1. The minimum absolute atomic E-state index is 0.124. The average Bonchev–Trinajstić information content (AvgIpc) is 3.23. The number of hydrogen-bond acceptors (Lipinski definition) is 7.